The summed E-state index contributed by atoms with van der Waals surface area (Å²) in [6.45, 7) is 1.22. The van der Waals surface area contributed by atoms with Gasteiger partial charge in [-0.15, -0.1) is 0 Å². The number of nitrogens with one attached hydrogen (secondary N) is 1. The second kappa shape index (κ2) is 7.13. The molecule has 3 N–H and O–H groups in total. The summed E-state index contributed by atoms with van der Waals surface area (Å²) in [4.78, 5) is 23.0. The van der Waals surface area contributed by atoms with Gasteiger partial charge in [0, 0.05) is 0 Å². The molecule has 0 saturated carbocycles. The Bertz CT molecular complexity index is 836. The van der Waals surface area contributed by atoms with Gasteiger partial charge in [0.25, 0.3) is 0 Å². The Labute approximate surface area is 145 Å². The van der Waals surface area contributed by atoms with Crippen molar-refractivity contribution in [2.75, 3.05) is 5.32 Å². The van der Waals surface area contributed by atoms with Crippen LogP contribution < -0.4 is 9.67 Å². The number of hydrogen-bond donors (Lipinski definition) is 3. The molecule has 0 aromatic heterocycles. The number of phenolic OH excluding ortho intramolecular Hbond substituents is 1. The molecule has 1 atom stereocenters. The van der Waals surface area contributed by atoms with Crippen molar-refractivity contribution in [2.45, 2.75) is 6.92 Å². The molecule has 0 heterocycles. The van der Waals surface area contributed by atoms with E-state index >= 15 is 0 Å². The van der Waals surface area contributed by atoms with E-state index in [0.717, 1.165) is 18.2 Å². The quantitative estimate of drug-likeness (QED) is 0.516. The molecule has 9 heteroatoms. The van der Waals surface area contributed by atoms with Crippen molar-refractivity contribution >= 4 is 47.7 Å². The number of hydrogen-bond acceptors (Lipinski definition) is 5. The normalized spacial score (nSPS) is 13.0. The summed E-state index contributed by atoms with van der Waals surface area (Å²) < 4.78 is 27.0. The monoisotopic (exact) mass is 413 g/mol. The average Bonchev–Trinajstić information content (AvgIpc) is 2.49. The van der Waals surface area contributed by atoms with Gasteiger partial charge < -0.3 is 0 Å². The zero-order chi connectivity index (χ0) is 17.9. The standard InChI is InChI=1S/C15H13AsClNO6/c1-9(19)18-13-8-11(4-7-14(13)20)16(22,23)24-15(21)10-2-5-12(17)6-3-10/h2-8,20H,1H3,(H,18,19)(H,22,23). The second-order valence-corrected chi connectivity index (χ2v) is 8.88. The van der Waals surface area contributed by atoms with E-state index in [4.69, 9.17) is 15.3 Å². The fourth-order valence-electron chi connectivity index (χ4n) is 1.79. The first-order valence-electron chi connectivity index (χ1n) is 6.62. The molecule has 0 aliphatic carbocycles. The van der Waals surface area contributed by atoms with Gasteiger partial charge in [0.2, 0.25) is 0 Å². The number of halogens is 1. The SMILES string of the molecule is CC(=O)Nc1cc([As](=O)(O)OC(=O)c2ccc(Cl)cc2)ccc1O. The Hall–Kier alpha value is -2.21. The van der Waals surface area contributed by atoms with Crippen molar-refractivity contribution in [3.8, 4) is 5.75 Å². The first-order chi connectivity index (χ1) is 11.2. The molecule has 0 fully saturated rings. The van der Waals surface area contributed by atoms with E-state index in [0.29, 0.717) is 5.02 Å². The number of amides is 1. The van der Waals surface area contributed by atoms with Crippen LogP contribution in [-0.2, 0) is 12.3 Å². The topological polar surface area (TPSA) is 113 Å². The third-order valence-electron chi connectivity index (χ3n) is 2.90. The number of rotatable bonds is 4. The van der Waals surface area contributed by atoms with Crippen molar-refractivity contribution in [1.29, 1.82) is 0 Å². The summed E-state index contributed by atoms with van der Waals surface area (Å²) in [7, 11) is 0. The first-order valence-corrected chi connectivity index (χ1v) is 10.3. The average molecular weight is 414 g/mol. The molecule has 1 unspecified atom stereocenters. The van der Waals surface area contributed by atoms with Gasteiger partial charge >= 0.3 is 145 Å². The van der Waals surface area contributed by atoms with Crippen LogP contribution >= 0.6 is 11.6 Å². The maximum absolute atomic E-state index is 12.4. The Morgan fingerprint density at radius 2 is 1.79 bits per heavy atom. The van der Waals surface area contributed by atoms with E-state index in [9.17, 15) is 22.5 Å². The second-order valence-electron chi connectivity index (χ2n) is 4.79. The van der Waals surface area contributed by atoms with Crippen LogP contribution in [0.5, 0.6) is 5.75 Å². The molecule has 0 aliphatic rings. The molecule has 7 nitrogen and oxygen atoms in total. The van der Waals surface area contributed by atoms with E-state index in [1.165, 1.54) is 31.2 Å². The predicted octanol–water partition coefficient (Wildman–Crippen LogP) is 1.43. The van der Waals surface area contributed by atoms with Gasteiger partial charge in [0.05, 0.1) is 0 Å². The fraction of sp³-hybridized carbons (Fsp3) is 0.0667. The van der Waals surface area contributed by atoms with Gasteiger partial charge in [0.1, 0.15) is 0 Å². The van der Waals surface area contributed by atoms with E-state index in [-0.39, 0.29) is 21.4 Å². The maximum atomic E-state index is 12.4. The molecule has 0 saturated heterocycles. The molecular weight excluding hydrogens is 401 g/mol. The van der Waals surface area contributed by atoms with Gasteiger partial charge in [0.15, 0.2) is 0 Å². The number of carbonyl (C=O) groups is 2. The van der Waals surface area contributed by atoms with Crippen LogP contribution in [-0.4, -0.2) is 35.3 Å². The third-order valence-corrected chi connectivity index (χ3v) is 5.98. The number of anilines is 1. The Morgan fingerprint density at radius 1 is 1.17 bits per heavy atom. The van der Waals surface area contributed by atoms with Crippen LogP contribution in [0, 0.1) is 0 Å². The van der Waals surface area contributed by atoms with Crippen molar-refractivity contribution in [2.24, 2.45) is 0 Å². The van der Waals surface area contributed by atoms with E-state index in [1.54, 1.807) is 0 Å². The van der Waals surface area contributed by atoms with E-state index in [1.807, 2.05) is 0 Å². The van der Waals surface area contributed by atoms with E-state index in [2.05, 4.69) is 5.32 Å². The number of phenols is 1. The molecule has 0 spiro atoms. The van der Waals surface area contributed by atoms with Crippen molar-refractivity contribution in [3.63, 3.8) is 0 Å². The molecule has 24 heavy (non-hydrogen) atoms. The summed E-state index contributed by atoms with van der Waals surface area (Å²) in [5, 5.41) is 12.4. The minimum absolute atomic E-state index is 0.0572. The summed E-state index contributed by atoms with van der Waals surface area (Å²) in [5.41, 5.74) is 0.00849. The van der Waals surface area contributed by atoms with Gasteiger partial charge in [-0.05, 0) is 0 Å². The van der Waals surface area contributed by atoms with Crippen molar-refractivity contribution in [3.05, 3.63) is 53.1 Å². The fourth-order valence-corrected chi connectivity index (χ4v) is 4.00. The van der Waals surface area contributed by atoms with Gasteiger partial charge in [-0.1, -0.05) is 0 Å². The zero-order valence-electron chi connectivity index (χ0n) is 12.4. The van der Waals surface area contributed by atoms with Crippen LogP contribution in [0.2, 0.25) is 5.02 Å². The first kappa shape index (κ1) is 18.1. The Morgan fingerprint density at radius 3 is 2.38 bits per heavy atom. The third kappa shape index (κ3) is 4.41. The van der Waals surface area contributed by atoms with Crippen LogP contribution in [0.4, 0.5) is 5.69 Å². The van der Waals surface area contributed by atoms with Gasteiger partial charge in [-0.3, -0.25) is 0 Å². The molecule has 126 valence electrons. The molecule has 0 bridgehead atoms. The molecule has 0 radical (unpaired) electrons. The molecule has 2 rings (SSSR count). The molecule has 2 aromatic rings. The van der Waals surface area contributed by atoms with Crippen LogP contribution in [0.1, 0.15) is 17.3 Å². The summed E-state index contributed by atoms with van der Waals surface area (Å²) in [5.74, 6) is -1.74. The Balaban J connectivity index is 2.26. The minimum atomic E-state index is -5.23. The van der Waals surface area contributed by atoms with Crippen LogP contribution in [0.15, 0.2) is 42.5 Å². The summed E-state index contributed by atoms with van der Waals surface area (Å²) in [6.07, 6.45) is 0. The molecule has 1 amide bonds. The van der Waals surface area contributed by atoms with E-state index < -0.39 is 26.0 Å². The Kier molecular flexibility index (Phi) is 5.39. The zero-order valence-corrected chi connectivity index (χ0v) is 15.0. The van der Waals surface area contributed by atoms with Crippen LogP contribution in [0.25, 0.3) is 0 Å². The van der Waals surface area contributed by atoms with Gasteiger partial charge in [-0.25, -0.2) is 0 Å². The van der Waals surface area contributed by atoms with Gasteiger partial charge in [-0.2, -0.15) is 0 Å². The molecular formula is C15H13AsClNO6. The van der Waals surface area contributed by atoms with Crippen molar-refractivity contribution in [1.82, 2.24) is 0 Å². The molecule has 0 aliphatic heterocycles. The van der Waals surface area contributed by atoms with Crippen LogP contribution in [0.3, 0.4) is 0 Å². The number of carbonyl (C=O) groups excluding carboxylic acids is 2. The molecule has 2 aromatic carbocycles. The summed E-state index contributed by atoms with van der Waals surface area (Å²) in [6, 6.07) is 8.98. The number of benzene rings is 2. The summed E-state index contributed by atoms with van der Waals surface area (Å²) >= 11 is 0.482. The number of aromatic hydroxyl groups is 1. The van der Waals surface area contributed by atoms with Crippen molar-refractivity contribution < 1.29 is 26.3 Å². The predicted molar refractivity (Wildman–Crippen MR) is 87.6 cm³/mol.